The summed E-state index contributed by atoms with van der Waals surface area (Å²) in [6, 6.07) is 22.3. The lowest BCUT2D eigenvalue weighted by Gasteiger charge is -2.14. The van der Waals surface area contributed by atoms with Crippen molar-refractivity contribution < 1.29 is 25.2 Å². The molecule has 1 fully saturated rings. The van der Waals surface area contributed by atoms with Crippen LogP contribution in [0.25, 0.3) is 0 Å². The number of aryl methyl sites for hydroxylation is 1. The number of nitrogens with one attached hydrogen (secondary N) is 1. The molecule has 0 radical (unpaired) electrons. The highest BCUT2D eigenvalue weighted by molar-refractivity contribution is 8.15. The molecule has 1 atom stereocenters. The summed E-state index contributed by atoms with van der Waals surface area (Å²) in [6.07, 6.45) is 2.52. The average molecular weight is 479 g/mol. The van der Waals surface area contributed by atoms with Gasteiger partial charge in [-0.3, -0.25) is 14.9 Å². The van der Waals surface area contributed by atoms with Crippen LogP contribution in [0, 0.1) is 0 Å². The maximum atomic E-state index is 12.0. The summed E-state index contributed by atoms with van der Waals surface area (Å²) in [5.41, 5.74) is 1.50. The van der Waals surface area contributed by atoms with E-state index in [1.807, 2.05) is 48.5 Å². The van der Waals surface area contributed by atoms with Crippen molar-refractivity contribution in [2.75, 3.05) is 13.2 Å². The standard InChI is InChI=1S/C27H27NO5S/c1-2-8-19-17-23(33-21-10-4-3-5-11-21)13-14-24(19)32-16-7-15-31-22-12-6-9-20(18-22)25-26(29)28-27(30)34-25/h3-6,9-14,17-18,25H,2,7-8,15-16H2,1H3,(H,28,29,30)/i25D. The fraction of sp³-hybridized carbons (Fsp3) is 0.259. The number of carbonyl (C=O) groups is 2. The fourth-order valence-corrected chi connectivity index (χ4v) is 4.23. The molecule has 2 amide bonds. The summed E-state index contributed by atoms with van der Waals surface area (Å²) in [7, 11) is 0. The SMILES string of the molecule is [2H]C1(c2cccc(OCCCOc3ccc(Oc4ccccc4)cc3CCC)c2)SC(=O)NC1=O. The largest absolute Gasteiger partial charge is 0.493 e. The number of rotatable bonds is 11. The van der Waals surface area contributed by atoms with Gasteiger partial charge in [0.05, 0.1) is 14.6 Å². The van der Waals surface area contributed by atoms with Gasteiger partial charge in [-0.1, -0.05) is 43.7 Å². The minimum atomic E-state index is -1.69. The Balaban J connectivity index is 1.30. The molecule has 1 saturated heterocycles. The van der Waals surface area contributed by atoms with E-state index in [0.717, 1.165) is 35.7 Å². The van der Waals surface area contributed by atoms with Crippen molar-refractivity contribution in [1.82, 2.24) is 5.32 Å². The van der Waals surface area contributed by atoms with Crippen molar-refractivity contribution in [3.63, 3.8) is 0 Å². The Bertz CT molecular complexity index is 1190. The van der Waals surface area contributed by atoms with Gasteiger partial charge in [-0.05, 0) is 71.8 Å². The van der Waals surface area contributed by atoms with Crippen LogP contribution in [0.1, 0.15) is 37.5 Å². The maximum Gasteiger partial charge on any atom is 0.286 e. The van der Waals surface area contributed by atoms with E-state index < -0.39 is 16.4 Å². The Morgan fingerprint density at radius 2 is 1.71 bits per heavy atom. The molecule has 176 valence electrons. The molecule has 0 bridgehead atoms. The molecule has 4 rings (SSSR count). The van der Waals surface area contributed by atoms with Crippen molar-refractivity contribution >= 4 is 22.9 Å². The highest BCUT2D eigenvalue weighted by atomic mass is 32.2. The molecule has 1 heterocycles. The molecule has 0 aliphatic carbocycles. The Morgan fingerprint density at radius 1 is 0.912 bits per heavy atom. The molecule has 1 N–H and O–H groups in total. The van der Waals surface area contributed by atoms with Gasteiger partial charge in [-0.25, -0.2) is 0 Å². The molecule has 0 saturated carbocycles. The number of thioether (sulfide) groups is 1. The fourth-order valence-electron chi connectivity index (χ4n) is 3.51. The molecular weight excluding hydrogens is 450 g/mol. The molecule has 34 heavy (non-hydrogen) atoms. The molecule has 0 aromatic heterocycles. The van der Waals surface area contributed by atoms with Crippen LogP contribution in [-0.4, -0.2) is 24.4 Å². The van der Waals surface area contributed by atoms with Gasteiger partial charge in [0.15, 0.2) is 0 Å². The third-order valence-corrected chi connectivity index (χ3v) is 5.97. The van der Waals surface area contributed by atoms with Crippen LogP contribution < -0.4 is 19.5 Å². The predicted molar refractivity (Wildman–Crippen MR) is 133 cm³/mol. The van der Waals surface area contributed by atoms with Crippen molar-refractivity contribution in [3.05, 3.63) is 83.9 Å². The Hall–Kier alpha value is -3.45. The molecule has 7 heteroatoms. The third-order valence-electron chi connectivity index (χ3n) is 5.06. The lowest BCUT2D eigenvalue weighted by Crippen LogP contribution is -2.20. The van der Waals surface area contributed by atoms with Crippen LogP contribution in [0.2, 0.25) is 0 Å². The zero-order chi connectivity index (χ0) is 24.7. The van der Waals surface area contributed by atoms with Crippen LogP contribution in [0.15, 0.2) is 72.8 Å². The lowest BCUT2D eigenvalue weighted by atomic mass is 10.1. The van der Waals surface area contributed by atoms with Gasteiger partial charge in [-0.15, -0.1) is 0 Å². The Kier molecular flexibility index (Phi) is 7.63. The minimum Gasteiger partial charge on any atom is -0.493 e. The lowest BCUT2D eigenvalue weighted by molar-refractivity contribution is -0.119. The van der Waals surface area contributed by atoms with Crippen LogP contribution in [-0.2, 0) is 11.2 Å². The van der Waals surface area contributed by atoms with E-state index in [1.165, 1.54) is 0 Å². The summed E-state index contributed by atoms with van der Waals surface area (Å²) < 4.78 is 26.1. The van der Waals surface area contributed by atoms with E-state index in [4.69, 9.17) is 15.6 Å². The number of amides is 2. The Morgan fingerprint density at radius 3 is 2.47 bits per heavy atom. The van der Waals surface area contributed by atoms with Crippen LogP contribution in [0.3, 0.4) is 0 Å². The second kappa shape index (κ2) is 11.6. The highest BCUT2D eigenvalue weighted by Gasteiger charge is 2.32. The van der Waals surface area contributed by atoms with E-state index in [0.29, 0.717) is 42.7 Å². The van der Waals surface area contributed by atoms with E-state index >= 15 is 0 Å². The Labute approximate surface area is 205 Å². The van der Waals surface area contributed by atoms with Crippen molar-refractivity contribution in [2.24, 2.45) is 0 Å². The number of para-hydroxylation sites is 1. The zero-order valence-corrected chi connectivity index (χ0v) is 19.7. The van der Waals surface area contributed by atoms with Gasteiger partial charge >= 0.3 is 0 Å². The van der Waals surface area contributed by atoms with Crippen molar-refractivity contribution in [2.45, 2.75) is 31.4 Å². The van der Waals surface area contributed by atoms with Crippen LogP contribution in [0.5, 0.6) is 23.0 Å². The molecule has 3 aromatic carbocycles. The first-order chi connectivity index (χ1) is 17.0. The van der Waals surface area contributed by atoms with Crippen LogP contribution in [0.4, 0.5) is 4.79 Å². The summed E-state index contributed by atoms with van der Waals surface area (Å²) in [5, 5.41) is -0.0448. The molecule has 0 spiro atoms. The summed E-state index contributed by atoms with van der Waals surface area (Å²) >= 11 is 0.656. The smallest absolute Gasteiger partial charge is 0.286 e. The second-order valence-electron chi connectivity index (χ2n) is 7.69. The van der Waals surface area contributed by atoms with E-state index in [2.05, 4.69) is 12.2 Å². The quantitative estimate of drug-likeness (QED) is 0.326. The van der Waals surface area contributed by atoms with E-state index in [1.54, 1.807) is 24.3 Å². The van der Waals surface area contributed by atoms with Gasteiger partial charge in [0.2, 0.25) is 5.91 Å². The third kappa shape index (κ3) is 6.32. The molecule has 1 unspecified atom stereocenters. The van der Waals surface area contributed by atoms with E-state index in [-0.39, 0.29) is 0 Å². The summed E-state index contributed by atoms with van der Waals surface area (Å²) in [5.74, 6) is 2.30. The normalized spacial score (nSPS) is 17.7. The molecule has 3 aromatic rings. The van der Waals surface area contributed by atoms with Gasteiger partial charge in [0.1, 0.15) is 28.2 Å². The number of carbonyl (C=O) groups excluding carboxylic acids is 2. The molecular formula is C27H27NO5S. The van der Waals surface area contributed by atoms with E-state index in [9.17, 15) is 9.59 Å². The van der Waals surface area contributed by atoms with Gasteiger partial charge in [-0.2, -0.15) is 0 Å². The van der Waals surface area contributed by atoms with Gasteiger partial charge in [0.25, 0.3) is 5.24 Å². The molecule has 1 aliphatic heterocycles. The van der Waals surface area contributed by atoms with Gasteiger partial charge in [0, 0.05) is 6.42 Å². The number of hydrogen-bond acceptors (Lipinski definition) is 6. The maximum absolute atomic E-state index is 12.0. The number of hydrogen-bond donors (Lipinski definition) is 1. The first-order valence-corrected chi connectivity index (χ1v) is 12.1. The van der Waals surface area contributed by atoms with Crippen LogP contribution >= 0.6 is 11.8 Å². The summed E-state index contributed by atoms with van der Waals surface area (Å²) in [4.78, 5) is 23.5. The topological polar surface area (TPSA) is 73.9 Å². The summed E-state index contributed by atoms with van der Waals surface area (Å²) in [6.45, 7) is 3.01. The number of ether oxygens (including phenoxy) is 3. The molecule has 6 nitrogen and oxygen atoms in total. The highest BCUT2D eigenvalue weighted by Crippen LogP contribution is 2.35. The zero-order valence-electron chi connectivity index (χ0n) is 19.9. The average Bonchev–Trinajstić information content (AvgIpc) is 3.13. The number of benzene rings is 3. The first kappa shape index (κ1) is 22.3. The molecule has 1 aliphatic rings. The monoisotopic (exact) mass is 478 g/mol. The minimum absolute atomic E-state index is 0.404. The first-order valence-electron chi connectivity index (χ1n) is 11.7. The predicted octanol–water partition coefficient (Wildman–Crippen LogP) is 6.30. The second-order valence-corrected chi connectivity index (χ2v) is 8.67. The number of imide groups is 1. The van der Waals surface area contributed by atoms with Crippen molar-refractivity contribution in [1.29, 1.82) is 0 Å². The van der Waals surface area contributed by atoms with Crippen molar-refractivity contribution in [3.8, 4) is 23.0 Å². The van der Waals surface area contributed by atoms with Gasteiger partial charge < -0.3 is 14.2 Å².